The topological polar surface area (TPSA) is 95.5 Å². The van der Waals surface area contributed by atoms with Crippen LogP contribution in [0.4, 0.5) is 0 Å². The van der Waals surface area contributed by atoms with Crippen molar-refractivity contribution in [1.82, 2.24) is 10.6 Å². The van der Waals surface area contributed by atoms with Gasteiger partial charge in [-0.1, -0.05) is 32.0 Å². The van der Waals surface area contributed by atoms with Gasteiger partial charge in [-0.3, -0.25) is 9.59 Å². The maximum absolute atomic E-state index is 11.7. The Morgan fingerprint density at radius 2 is 1.76 bits per heavy atom. The van der Waals surface area contributed by atoms with Gasteiger partial charge in [0.1, 0.15) is 6.04 Å². The highest BCUT2D eigenvalue weighted by molar-refractivity contribution is 5.94. The van der Waals surface area contributed by atoms with E-state index in [0.717, 1.165) is 0 Å². The van der Waals surface area contributed by atoms with Gasteiger partial charge in [-0.2, -0.15) is 0 Å². The van der Waals surface area contributed by atoms with Crippen LogP contribution in [-0.2, 0) is 9.59 Å². The highest BCUT2D eigenvalue weighted by Crippen LogP contribution is 2.02. The summed E-state index contributed by atoms with van der Waals surface area (Å²) in [5.74, 6) is -1.93. The lowest BCUT2D eigenvalue weighted by Gasteiger charge is -2.17. The maximum atomic E-state index is 11.7. The minimum atomic E-state index is -1.06. The summed E-state index contributed by atoms with van der Waals surface area (Å²) in [5, 5.41) is 14.0. The minimum Gasteiger partial charge on any atom is -0.480 e. The molecule has 0 unspecified atom stereocenters. The Bertz CT molecular complexity index is 500. The molecule has 0 spiro atoms. The molecule has 114 valence electrons. The summed E-state index contributed by atoms with van der Waals surface area (Å²) >= 11 is 0. The third-order valence-corrected chi connectivity index (χ3v) is 2.92. The zero-order valence-electron chi connectivity index (χ0n) is 12.1. The van der Waals surface area contributed by atoms with Gasteiger partial charge in [-0.05, 0) is 18.1 Å². The number of carbonyl (C=O) groups excluding carboxylic acids is 2. The molecule has 0 fully saturated rings. The largest absolute Gasteiger partial charge is 0.480 e. The van der Waals surface area contributed by atoms with E-state index in [2.05, 4.69) is 10.6 Å². The number of carboxylic acids is 1. The molecule has 6 heteroatoms. The van der Waals surface area contributed by atoms with Crippen LogP contribution in [0.5, 0.6) is 0 Å². The van der Waals surface area contributed by atoms with Gasteiger partial charge in [0, 0.05) is 18.5 Å². The first-order valence-electron chi connectivity index (χ1n) is 6.77. The van der Waals surface area contributed by atoms with E-state index >= 15 is 0 Å². The molecule has 0 saturated heterocycles. The predicted molar refractivity (Wildman–Crippen MR) is 77.8 cm³/mol. The molecule has 0 aromatic heterocycles. The normalized spacial score (nSPS) is 11.8. The maximum Gasteiger partial charge on any atom is 0.326 e. The molecule has 0 aliphatic rings. The van der Waals surface area contributed by atoms with Crippen LogP contribution >= 0.6 is 0 Å². The summed E-state index contributed by atoms with van der Waals surface area (Å²) in [5.41, 5.74) is 0.517. The summed E-state index contributed by atoms with van der Waals surface area (Å²) in [6.45, 7) is 3.59. The van der Waals surface area contributed by atoms with E-state index in [0.29, 0.717) is 5.56 Å². The Labute approximate surface area is 123 Å². The van der Waals surface area contributed by atoms with Gasteiger partial charge >= 0.3 is 5.97 Å². The summed E-state index contributed by atoms with van der Waals surface area (Å²) in [7, 11) is 0. The van der Waals surface area contributed by atoms with E-state index in [1.807, 2.05) is 6.07 Å². The first-order chi connectivity index (χ1) is 9.91. The second-order valence-electron chi connectivity index (χ2n) is 5.00. The van der Waals surface area contributed by atoms with Gasteiger partial charge < -0.3 is 15.7 Å². The molecule has 3 N–H and O–H groups in total. The third kappa shape index (κ3) is 5.64. The molecule has 0 aliphatic heterocycles. The number of benzene rings is 1. The van der Waals surface area contributed by atoms with Crippen molar-refractivity contribution in [2.45, 2.75) is 26.3 Å². The van der Waals surface area contributed by atoms with Crippen molar-refractivity contribution in [3.05, 3.63) is 35.9 Å². The first kappa shape index (κ1) is 16.7. The molecular weight excluding hydrogens is 272 g/mol. The Morgan fingerprint density at radius 3 is 2.29 bits per heavy atom. The highest BCUT2D eigenvalue weighted by atomic mass is 16.4. The zero-order chi connectivity index (χ0) is 15.8. The predicted octanol–water partition coefficient (Wildman–Crippen LogP) is 1.03. The van der Waals surface area contributed by atoms with Crippen molar-refractivity contribution in [2.75, 3.05) is 6.54 Å². The summed E-state index contributed by atoms with van der Waals surface area (Å²) in [4.78, 5) is 34.3. The van der Waals surface area contributed by atoms with E-state index in [4.69, 9.17) is 5.11 Å². The van der Waals surface area contributed by atoms with Gasteiger partial charge in [0.15, 0.2) is 0 Å². The van der Waals surface area contributed by atoms with Crippen LogP contribution in [0.2, 0.25) is 0 Å². The second-order valence-corrected chi connectivity index (χ2v) is 5.00. The van der Waals surface area contributed by atoms with Gasteiger partial charge in [0.05, 0.1) is 0 Å². The number of rotatable bonds is 7. The number of carboxylic acid groups (broad SMARTS) is 1. The smallest absolute Gasteiger partial charge is 0.326 e. The van der Waals surface area contributed by atoms with Crippen LogP contribution in [0.25, 0.3) is 0 Å². The van der Waals surface area contributed by atoms with Crippen LogP contribution in [0.15, 0.2) is 30.3 Å². The highest BCUT2D eigenvalue weighted by Gasteiger charge is 2.23. The van der Waals surface area contributed by atoms with Crippen molar-refractivity contribution in [3.8, 4) is 0 Å². The number of aliphatic carboxylic acids is 1. The van der Waals surface area contributed by atoms with Crippen molar-refractivity contribution >= 4 is 17.8 Å². The molecule has 2 amide bonds. The molecule has 21 heavy (non-hydrogen) atoms. The van der Waals surface area contributed by atoms with E-state index in [9.17, 15) is 14.4 Å². The number of hydrogen-bond acceptors (Lipinski definition) is 3. The quantitative estimate of drug-likeness (QED) is 0.699. The van der Waals surface area contributed by atoms with Gasteiger partial charge in [-0.25, -0.2) is 4.79 Å². The molecule has 0 heterocycles. The molecule has 0 radical (unpaired) electrons. The van der Waals surface area contributed by atoms with Crippen molar-refractivity contribution in [2.24, 2.45) is 5.92 Å². The van der Waals surface area contributed by atoms with Gasteiger partial charge in [0.25, 0.3) is 5.91 Å². The number of hydrogen-bond donors (Lipinski definition) is 3. The molecule has 1 atom stereocenters. The molecule has 1 aromatic carbocycles. The van der Waals surface area contributed by atoms with Crippen molar-refractivity contribution < 1.29 is 19.5 Å². The molecular formula is C15H20N2O4. The molecule has 1 aromatic rings. The minimum absolute atomic E-state index is 0.0368. The lowest BCUT2D eigenvalue weighted by atomic mass is 10.0. The first-order valence-corrected chi connectivity index (χ1v) is 6.77. The Morgan fingerprint density at radius 1 is 1.14 bits per heavy atom. The number of amides is 2. The standard InChI is InChI=1S/C15H20N2O4/c1-10(2)13(15(20)21)17-12(18)8-9-16-14(19)11-6-4-3-5-7-11/h3-7,10,13H,8-9H2,1-2H3,(H,16,19)(H,17,18)(H,20,21)/t13-/m0/s1. The van der Waals surface area contributed by atoms with Crippen LogP contribution in [-0.4, -0.2) is 35.5 Å². The summed E-state index contributed by atoms with van der Waals surface area (Å²) < 4.78 is 0. The Balaban J connectivity index is 2.37. The number of carbonyl (C=O) groups is 3. The van der Waals surface area contributed by atoms with E-state index < -0.39 is 17.9 Å². The Kier molecular flexibility index (Phi) is 6.39. The Hall–Kier alpha value is -2.37. The van der Waals surface area contributed by atoms with Gasteiger partial charge in [-0.15, -0.1) is 0 Å². The second kappa shape index (κ2) is 8.04. The average molecular weight is 292 g/mol. The number of nitrogens with one attached hydrogen (secondary N) is 2. The molecule has 6 nitrogen and oxygen atoms in total. The molecule has 1 rings (SSSR count). The fourth-order valence-electron chi connectivity index (χ4n) is 1.74. The monoisotopic (exact) mass is 292 g/mol. The van der Waals surface area contributed by atoms with Crippen LogP contribution in [0.3, 0.4) is 0 Å². The lowest BCUT2D eigenvalue weighted by molar-refractivity contribution is -0.143. The molecule has 0 bridgehead atoms. The average Bonchev–Trinajstić information content (AvgIpc) is 2.45. The van der Waals surface area contributed by atoms with Crippen LogP contribution in [0.1, 0.15) is 30.6 Å². The fourth-order valence-corrected chi connectivity index (χ4v) is 1.74. The van der Waals surface area contributed by atoms with Crippen molar-refractivity contribution in [3.63, 3.8) is 0 Å². The van der Waals surface area contributed by atoms with Crippen LogP contribution in [0, 0.1) is 5.92 Å². The van der Waals surface area contributed by atoms with E-state index in [1.165, 1.54) is 0 Å². The molecule has 0 saturated carbocycles. The zero-order valence-corrected chi connectivity index (χ0v) is 12.1. The summed E-state index contributed by atoms with van der Waals surface area (Å²) in [6, 6.07) is 7.75. The fraction of sp³-hybridized carbons (Fsp3) is 0.400. The van der Waals surface area contributed by atoms with Crippen LogP contribution < -0.4 is 10.6 Å². The lowest BCUT2D eigenvalue weighted by Crippen LogP contribution is -2.45. The third-order valence-electron chi connectivity index (χ3n) is 2.92. The molecule has 0 aliphatic carbocycles. The van der Waals surface area contributed by atoms with Gasteiger partial charge in [0.2, 0.25) is 5.91 Å². The van der Waals surface area contributed by atoms with E-state index in [-0.39, 0.29) is 24.8 Å². The summed E-state index contributed by atoms with van der Waals surface area (Å²) in [6.07, 6.45) is 0.0368. The van der Waals surface area contributed by atoms with E-state index in [1.54, 1.807) is 38.1 Å². The SMILES string of the molecule is CC(C)[C@H](NC(=O)CCNC(=O)c1ccccc1)C(=O)O. The van der Waals surface area contributed by atoms with Crippen molar-refractivity contribution in [1.29, 1.82) is 0 Å².